The Morgan fingerprint density at radius 3 is 2.73 bits per heavy atom. The number of fused-ring (bicyclic) bond motifs is 1. The number of rotatable bonds is 2. The smallest absolute Gasteiger partial charge is 0.337 e. The highest BCUT2D eigenvalue weighted by Gasteiger charge is 2.19. The van der Waals surface area contributed by atoms with Crippen LogP contribution in [0.4, 0.5) is 0 Å². The molecule has 0 aliphatic carbocycles. The summed E-state index contributed by atoms with van der Waals surface area (Å²) in [6.07, 6.45) is 0. The maximum absolute atomic E-state index is 11.6. The fourth-order valence-electron chi connectivity index (χ4n) is 2.56. The van der Waals surface area contributed by atoms with Gasteiger partial charge in [-0.15, -0.1) is 0 Å². The van der Waals surface area contributed by atoms with E-state index >= 15 is 0 Å². The van der Waals surface area contributed by atoms with Crippen molar-refractivity contribution in [1.82, 2.24) is 5.32 Å². The summed E-state index contributed by atoms with van der Waals surface area (Å²) in [5.74, 6) is 0.392. The van der Waals surface area contributed by atoms with Crippen LogP contribution < -0.4 is 10.1 Å². The lowest BCUT2D eigenvalue weighted by atomic mass is 10.1. The summed E-state index contributed by atoms with van der Waals surface area (Å²) in [6.45, 7) is 3.31. The molecule has 1 N–H and O–H groups in total. The Morgan fingerprint density at radius 1 is 1.23 bits per heavy atom. The summed E-state index contributed by atoms with van der Waals surface area (Å²) in [7, 11) is 1.38. The van der Waals surface area contributed by atoms with Crippen LogP contribution >= 0.6 is 0 Å². The van der Waals surface area contributed by atoms with Crippen LogP contribution in [0, 0.1) is 6.92 Å². The molecule has 0 unspecified atom stereocenters. The zero-order chi connectivity index (χ0) is 15.5. The maximum Gasteiger partial charge on any atom is 0.337 e. The first-order valence-corrected chi connectivity index (χ1v) is 7.31. The lowest BCUT2D eigenvalue weighted by Crippen LogP contribution is -2.23. The lowest BCUT2D eigenvalue weighted by Gasteiger charge is -2.16. The molecule has 4 heteroatoms. The van der Waals surface area contributed by atoms with Crippen LogP contribution in [-0.2, 0) is 11.3 Å². The Labute approximate surface area is 130 Å². The number of nitrogens with one attached hydrogen (secondary N) is 1. The number of aryl methyl sites for hydroxylation is 1. The highest BCUT2D eigenvalue weighted by atomic mass is 16.5. The Kier molecular flexibility index (Phi) is 4.11. The summed E-state index contributed by atoms with van der Waals surface area (Å²) in [6, 6.07) is 14.0. The number of hydrogen-bond acceptors (Lipinski definition) is 4. The highest BCUT2D eigenvalue weighted by molar-refractivity contribution is 5.89. The monoisotopic (exact) mass is 297 g/mol. The fraction of sp³-hybridized carbons (Fsp3) is 0.278. The van der Waals surface area contributed by atoms with Gasteiger partial charge in [0.15, 0.2) is 0 Å². The van der Waals surface area contributed by atoms with Crippen LogP contribution in [0.3, 0.4) is 0 Å². The second kappa shape index (κ2) is 6.20. The second-order valence-corrected chi connectivity index (χ2v) is 5.47. The van der Waals surface area contributed by atoms with Gasteiger partial charge in [0.05, 0.1) is 18.7 Å². The summed E-state index contributed by atoms with van der Waals surface area (Å²) >= 11 is 0. The van der Waals surface area contributed by atoms with Crippen molar-refractivity contribution in [2.24, 2.45) is 0 Å². The number of esters is 1. The Morgan fingerprint density at radius 2 is 2.00 bits per heavy atom. The number of methoxy groups -OCH3 is 1. The Bertz CT molecular complexity index is 679. The fourth-order valence-corrected chi connectivity index (χ4v) is 2.56. The molecule has 1 atom stereocenters. The van der Waals surface area contributed by atoms with Crippen LogP contribution in [0.25, 0.3) is 0 Å². The SMILES string of the molecule is COC(=O)c1ccc2c(c1)OC[C@H](c1ccc(C)cc1)NC2. The standard InChI is InChI=1S/C18H19NO3/c1-12-3-5-13(6-4-12)16-11-22-17-9-14(18(20)21-2)7-8-15(17)10-19-16/h3-9,16,19H,10-11H2,1-2H3/t16-/m1/s1. The van der Waals surface area contributed by atoms with E-state index in [1.165, 1.54) is 18.2 Å². The molecule has 0 saturated heterocycles. The average molecular weight is 297 g/mol. The van der Waals surface area contributed by atoms with Crippen molar-refractivity contribution in [3.05, 3.63) is 64.7 Å². The van der Waals surface area contributed by atoms with Gasteiger partial charge in [0.2, 0.25) is 0 Å². The Hall–Kier alpha value is -2.33. The molecule has 1 aliphatic rings. The Balaban J connectivity index is 1.80. The van der Waals surface area contributed by atoms with E-state index in [1.54, 1.807) is 12.1 Å². The quantitative estimate of drug-likeness (QED) is 0.866. The molecule has 0 radical (unpaired) electrons. The highest BCUT2D eigenvalue weighted by Crippen LogP contribution is 2.27. The number of ether oxygens (including phenoxy) is 2. The number of carbonyl (C=O) groups is 1. The molecule has 0 bridgehead atoms. The van der Waals surface area contributed by atoms with Gasteiger partial charge in [-0.25, -0.2) is 4.79 Å². The summed E-state index contributed by atoms with van der Waals surface area (Å²) in [4.78, 5) is 11.6. The van der Waals surface area contributed by atoms with Gasteiger partial charge in [-0.3, -0.25) is 0 Å². The van der Waals surface area contributed by atoms with Crippen molar-refractivity contribution in [3.63, 3.8) is 0 Å². The van der Waals surface area contributed by atoms with Gasteiger partial charge in [-0.2, -0.15) is 0 Å². The molecular formula is C18H19NO3. The van der Waals surface area contributed by atoms with Gasteiger partial charge in [-0.1, -0.05) is 35.9 Å². The first kappa shape index (κ1) is 14.6. The number of benzene rings is 2. The van der Waals surface area contributed by atoms with E-state index < -0.39 is 0 Å². The van der Waals surface area contributed by atoms with Gasteiger partial charge in [0.25, 0.3) is 0 Å². The molecule has 0 saturated carbocycles. The molecular weight excluding hydrogens is 278 g/mol. The second-order valence-electron chi connectivity index (χ2n) is 5.47. The van der Waals surface area contributed by atoms with E-state index in [2.05, 4.69) is 36.5 Å². The molecule has 0 aromatic heterocycles. The van der Waals surface area contributed by atoms with Crippen LogP contribution in [0.1, 0.15) is 33.1 Å². The molecule has 0 amide bonds. The molecule has 2 aromatic rings. The predicted molar refractivity (Wildman–Crippen MR) is 84.0 cm³/mol. The van der Waals surface area contributed by atoms with E-state index in [9.17, 15) is 4.79 Å². The topological polar surface area (TPSA) is 47.6 Å². The van der Waals surface area contributed by atoms with Crippen molar-refractivity contribution in [1.29, 1.82) is 0 Å². The van der Waals surface area contributed by atoms with Crippen LogP contribution in [0.2, 0.25) is 0 Å². The summed E-state index contributed by atoms with van der Waals surface area (Å²) in [5, 5.41) is 3.50. The van der Waals surface area contributed by atoms with Crippen LogP contribution in [-0.4, -0.2) is 19.7 Å². The first-order chi connectivity index (χ1) is 10.7. The van der Waals surface area contributed by atoms with E-state index in [0.29, 0.717) is 18.7 Å². The maximum atomic E-state index is 11.6. The summed E-state index contributed by atoms with van der Waals surface area (Å²) < 4.78 is 10.7. The molecule has 3 rings (SSSR count). The minimum absolute atomic E-state index is 0.134. The van der Waals surface area contributed by atoms with Crippen molar-refractivity contribution in [2.45, 2.75) is 19.5 Å². The third-order valence-electron chi connectivity index (χ3n) is 3.91. The van der Waals surface area contributed by atoms with Crippen molar-refractivity contribution in [3.8, 4) is 5.75 Å². The van der Waals surface area contributed by atoms with E-state index in [4.69, 9.17) is 9.47 Å². The van der Waals surface area contributed by atoms with Gasteiger partial charge in [0, 0.05) is 12.1 Å². The van der Waals surface area contributed by atoms with E-state index in [-0.39, 0.29) is 12.0 Å². The molecule has 1 heterocycles. The summed E-state index contributed by atoms with van der Waals surface area (Å²) in [5.41, 5.74) is 3.99. The van der Waals surface area contributed by atoms with Crippen molar-refractivity contribution >= 4 is 5.97 Å². The van der Waals surface area contributed by atoms with Crippen molar-refractivity contribution in [2.75, 3.05) is 13.7 Å². The molecule has 2 aromatic carbocycles. The third-order valence-corrected chi connectivity index (χ3v) is 3.91. The molecule has 22 heavy (non-hydrogen) atoms. The van der Waals surface area contributed by atoms with Crippen molar-refractivity contribution < 1.29 is 14.3 Å². The average Bonchev–Trinajstić information content (AvgIpc) is 2.77. The minimum atomic E-state index is -0.348. The molecule has 4 nitrogen and oxygen atoms in total. The minimum Gasteiger partial charge on any atom is -0.491 e. The number of hydrogen-bond donors (Lipinski definition) is 1. The zero-order valence-corrected chi connectivity index (χ0v) is 12.8. The first-order valence-electron chi connectivity index (χ1n) is 7.31. The third kappa shape index (κ3) is 2.97. The molecule has 0 fully saturated rings. The molecule has 114 valence electrons. The van der Waals surface area contributed by atoms with Gasteiger partial charge in [0.1, 0.15) is 12.4 Å². The van der Waals surface area contributed by atoms with E-state index in [1.807, 2.05) is 6.07 Å². The largest absolute Gasteiger partial charge is 0.491 e. The lowest BCUT2D eigenvalue weighted by molar-refractivity contribution is 0.0600. The number of carbonyl (C=O) groups excluding carboxylic acids is 1. The van der Waals surface area contributed by atoms with Gasteiger partial charge in [-0.05, 0) is 24.6 Å². The van der Waals surface area contributed by atoms with E-state index in [0.717, 1.165) is 11.3 Å². The van der Waals surface area contributed by atoms with Gasteiger partial charge < -0.3 is 14.8 Å². The van der Waals surface area contributed by atoms with Crippen LogP contribution in [0.5, 0.6) is 5.75 Å². The van der Waals surface area contributed by atoms with Gasteiger partial charge >= 0.3 is 5.97 Å². The molecule has 0 spiro atoms. The zero-order valence-electron chi connectivity index (χ0n) is 12.8. The molecule has 1 aliphatic heterocycles. The normalized spacial score (nSPS) is 17.1. The predicted octanol–water partition coefficient (Wildman–Crippen LogP) is 3.00. The van der Waals surface area contributed by atoms with Crippen LogP contribution in [0.15, 0.2) is 42.5 Å².